The van der Waals surface area contributed by atoms with E-state index in [1.807, 2.05) is 26.0 Å². The van der Waals surface area contributed by atoms with E-state index in [0.29, 0.717) is 20.8 Å². The van der Waals surface area contributed by atoms with Gasteiger partial charge in [0.1, 0.15) is 0 Å². The lowest BCUT2D eigenvalue weighted by molar-refractivity contribution is -0.115. The van der Waals surface area contributed by atoms with Crippen molar-refractivity contribution >= 4 is 57.8 Å². The van der Waals surface area contributed by atoms with Gasteiger partial charge in [-0.25, -0.2) is 0 Å². The minimum absolute atomic E-state index is 0.0134. The predicted molar refractivity (Wildman–Crippen MR) is 105 cm³/mol. The zero-order chi connectivity index (χ0) is 17.7. The van der Waals surface area contributed by atoms with E-state index < -0.39 is 0 Å². The molecule has 0 spiro atoms. The number of hydrogen-bond donors (Lipinski definition) is 3. The minimum atomic E-state index is -0.274. The van der Waals surface area contributed by atoms with Crippen molar-refractivity contribution in [3.05, 3.63) is 57.6 Å². The van der Waals surface area contributed by atoms with Gasteiger partial charge in [0, 0.05) is 10.7 Å². The first-order valence-electron chi connectivity index (χ1n) is 7.21. The summed E-state index contributed by atoms with van der Waals surface area (Å²) in [5.41, 5.74) is 3.61. The molecular formula is C17H17Cl2N3OS. The summed E-state index contributed by atoms with van der Waals surface area (Å²) in [6.45, 7) is 4.03. The molecule has 0 fully saturated rings. The molecule has 0 aliphatic carbocycles. The number of carbonyl (C=O) groups is 1. The molecule has 2 rings (SSSR count). The number of amides is 1. The Balaban J connectivity index is 1.87. The van der Waals surface area contributed by atoms with Gasteiger partial charge in [0.05, 0.1) is 17.3 Å². The van der Waals surface area contributed by atoms with Gasteiger partial charge in [-0.15, -0.1) is 0 Å². The first-order valence-corrected chi connectivity index (χ1v) is 8.38. The van der Waals surface area contributed by atoms with Crippen LogP contribution in [0.15, 0.2) is 36.4 Å². The van der Waals surface area contributed by atoms with Gasteiger partial charge in [0.25, 0.3) is 0 Å². The summed E-state index contributed by atoms with van der Waals surface area (Å²) in [6.07, 6.45) is 0. The van der Waals surface area contributed by atoms with Crippen LogP contribution in [-0.2, 0) is 4.79 Å². The minimum Gasteiger partial charge on any atom is -0.353 e. The number of rotatable bonds is 4. The van der Waals surface area contributed by atoms with Crippen molar-refractivity contribution in [2.45, 2.75) is 13.8 Å². The van der Waals surface area contributed by atoms with Gasteiger partial charge in [0.15, 0.2) is 5.11 Å². The lowest BCUT2D eigenvalue weighted by atomic mass is 10.1. The molecule has 126 valence electrons. The Morgan fingerprint density at radius 3 is 2.38 bits per heavy atom. The third-order valence-electron chi connectivity index (χ3n) is 3.09. The van der Waals surface area contributed by atoms with Crippen LogP contribution in [0.3, 0.4) is 0 Å². The maximum atomic E-state index is 12.0. The third-order valence-corrected chi connectivity index (χ3v) is 3.90. The van der Waals surface area contributed by atoms with Crippen molar-refractivity contribution < 1.29 is 4.79 Å². The molecule has 0 saturated heterocycles. The van der Waals surface area contributed by atoms with E-state index in [2.05, 4.69) is 22.0 Å². The summed E-state index contributed by atoms with van der Waals surface area (Å²) in [7, 11) is 0. The highest BCUT2D eigenvalue weighted by atomic mass is 35.5. The SMILES string of the molecule is Cc1cc(C)cc(NC(=S)NCC(=O)Nc2cc(Cl)ccc2Cl)c1. The molecule has 3 N–H and O–H groups in total. The van der Waals surface area contributed by atoms with Gasteiger partial charge in [0.2, 0.25) is 5.91 Å². The van der Waals surface area contributed by atoms with E-state index >= 15 is 0 Å². The van der Waals surface area contributed by atoms with Crippen LogP contribution in [0.5, 0.6) is 0 Å². The number of nitrogens with one attached hydrogen (secondary N) is 3. The van der Waals surface area contributed by atoms with Gasteiger partial charge >= 0.3 is 0 Å². The molecule has 24 heavy (non-hydrogen) atoms. The van der Waals surface area contributed by atoms with E-state index in [1.165, 1.54) is 0 Å². The van der Waals surface area contributed by atoms with Gasteiger partial charge in [-0.3, -0.25) is 4.79 Å². The predicted octanol–water partition coefficient (Wildman–Crippen LogP) is 4.54. The number of hydrogen-bond acceptors (Lipinski definition) is 2. The van der Waals surface area contributed by atoms with Crippen molar-refractivity contribution in [3.8, 4) is 0 Å². The van der Waals surface area contributed by atoms with Gasteiger partial charge < -0.3 is 16.0 Å². The summed E-state index contributed by atoms with van der Waals surface area (Å²) >= 11 is 17.1. The van der Waals surface area contributed by atoms with Crippen molar-refractivity contribution in [1.82, 2.24) is 5.32 Å². The standard InChI is InChI=1S/C17H17Cl2N3OS/c1-10-5-11(2)7-13(6-10)21-17(24)20-9-16(23)22-15-8-12(18)3-4-14(15)19/h3-8H,9H2,1-2H3,(H,22,23)(H2,20,21,24). The second-order valence-electron chi connectivity index (χ2n) is 5.36. The molecule has 0 bridgehead atoms. The smallest absolute Gasteiger partial charge is 0.243 e. The zero-order valence-electron chi connectivity index (χ0n) is 13.2. The molecule has 0 atom stereocenters. The van der Waals surface area contributed by atoms with Crippen LogP contribution in [-0.4, -0.2) is 17.6 Å². The highest BCUT2D eigenvalue weighted by Crippen LogP contribution is 2.25. The highest BCUT2D eigenvalue weighted by molar-refractivity contribution is 7.80. The molecule has 0 radical (unpaired) electrons. The van der Waals surface area contributed by atoms with Crippen LogP contribution in [0.2, 0.25) is 10.0 Å². The maximum Gasteiger partial charge on any atom is 0.243 e. The molecule has 2 aromatic rings. The highest BCUT2D eigenvalue weighted by Gasteiger charge is 2.07. The fourth-order valence-electron chi connectivity index (χ4n) is 2.17. The Morgan fingerprint density at radius 2 is 1.71 bits per heavy atom. The summed E-state index contributed by atoms with van der Waals surface area (Å²) in [6, 6.07) is 10.9. The van der Waals surface area contributed by atoms with E-state index in [9.17, 15) is 4.79 Å². The lowest BCUT2D eigenvalue weighted by Crippen LogP contribution is -2.35. The first-order chi connectivity index (χ1) is 11.3. The number of carbonyl (C=O) groups excluding carboxylic acids is 1. The molecule has 0 saturated carbocycles. The number of anilines is 2. The number of benzene rings is 2. The molecule has 7 heteroatoms. The molecular weight excluding hydrogens is 365 g/mol. The molecule has 0 aliphatic heterocycles. The van der Waals surface area contributed by atoms with Crippen molar-refractivity contribution in [3.63, 3.8) is 0 Å². The molecule has 0 aliphatic rings. The molecule has 1 amide bonds. The Hall–Kier alpha value is -1.82. The molecule has 0 aromatic heterocycles. The zero-order valence-corrected chi connectivity index (χ0v) is 15.6. The van der Waals surface area contributed by atoms with E-state index in [-0.39, 0.29) is 12.5 Å². The second-order valence-corrected chi connectivity index (χ2v) is 6.61. The third kappa shape index (κ3) is 5.67. The van der Waals surface area contributed by atoms with Gasteiger partial charge in [-0.1, -0.05) is 29.3 Å². The second kappa shape index (κ2) is 8.33. The number of thiocarbonyl (C=S) groups is 1. The number of halogens is 2. The summed E-state index contributed by atoms with van der Waals surface area (Å²) in [5.74, 6) is -0.274. The Labute approximate surface area is 156 Å². The molecule has 2 aromatic carbocycles. The molecule has 4 nitrogen and oxygen atoms in total. The maximum absolute atomic E-state index is 12.0. The number of aryl methyl sites for hydroxylation is 2. The van der Waals surface area contributed by atoms with E-state index in [1.54, 1.807) is 18.2 Å². The largest absolute Gasteiger partial charge is 0.353 e. The van der Waals surface area contributed by atoms with Crippen LogP contribution in [0, 0.1) is 13.8 Å². The summed E-state index contributed by atoms with van der Waals surface area (Å²) in [5, 5.41) is 9.88. The van der Waals surface area contributed by atoms with Crippen molar-refractivity contribution in [2.75, 3.05) is 17.2 Å². The van der Waals surface area contributed by atoms with E-state index in [0.717, 1.165) is 16.8 Å². The molecule has 0 unspecified atom stereocenters. The quantitative estimate of drug-likeness (QED) is 0.680. The Bertz CT molecular complexity index is 760. The van der Waals surface area contributed by atoms with E-state index in [4.69, 9.17) is 35.4 Å². The topological polar surface area (TPSA) is 53.2 Å². The monoisotopic (exact) mass is 381 g/mol. The average molecular weight is 382 g/mol. The first kappa shape index (κ1) is 18.5. The Kier molecular flexibility index (Phi) is 6.43. The van der Waals surface area contributed by atoms with Gasteiger partial charge in [-0.2, -0.15) is 0 Å². The lowest BCUT2D eigenvalue weighted by Gasteiger charge is -2.12. The Morgan fingerprint density at radius 1 is 1.04 bits per heavy atom. The van der Waals surface area contributed by atoms with Gasteiger partial charge in [-0.05, 0) is 67.5 Å². The normalized spacial score (nSPS) is 10.2. The van der Waals surface area contributed by atoms with Crippen molar-refractivity contribution in [1.29, 1.82) is 0 Å². The van der Waals surface area contributed by atoms with Crippen LogP contribution < -0.4 is 16.0 Å². The fourth-order valence-corrected chi connectivity index (χ4v) is 2.70. The van der Waals surface area contributed by atoms with Crippen LogP contribution >= 0.6 is 35.4 Å². The van der Waals surface area contributed by atoms with Crippen LogP contribution in [0.25, 0.3) is 0 Å². The van der Waals surface area contributed by atoms with Crippen LogP contribution in [0.4, 0.5) is 11.4 Å². The summed E-state index contributed by atoms with van der Waals surface area (Å²) < 4.78 is 0. The average Bonchev–Trinajstić information content (AvgIpc) is 2.48. The summed E-state index contributed by atoms with van der Waals surface area (Å²) in [4.78, 5) is 12.0. The molecule has 0 heterocycles. The van der Waals surface area contributed by atoms with Crippen LogP contribution in [0.1, 0.15) is 11.1 Å². The fraction of sp³-hybridized carbons (Fsp3) is 0.176. The van der Waals surface area contributed by atoms with Crippen molar-refractivity contribution in [2.24, 2.45) is 0 Å².